The molecule has 2 aliphatic rings. The van der Waals surface area contributed by atoms with E-state index in [1.54, 1.807) is 17.0 Å². The molecule has 170 valence electrons. The molecule has 2 aliphatic heterocycles. The third-order valence-corrected chi connectivity index (χ3v) is 6.54. The zero-order chi connectivity index (χ0) is 22.5. The fourth-order valence-corrected chi connectivity index (χ4v) is 4.49. The normalized spacial score (nSPS) is 19.6. The number of nitrogens with zero attached hydrogens (tertiary/aromatic N) is 2. The van der Waals surface area contributed by atoms with E-state index in [2.05, 4.69) is 6.92 Å². The van der Waals surface area contributed by atoms with Crippen LogP contribution in [0.3, 0.4) is 0 Å². The smallest absolute Gasteiger partial charge is 0.253 e. The maximum atomic E-state index is 13.5. The van der Waals surface area contributed by atoms with Crippen LogP contribution in [0.4, 0.5) is 4.39 Å². The summed E-state index contributed by atoms with van der Waals surface area (Å²) in [5.41, 5.74) is 1.08. The SMILES string of the molecule is CC1CCN(C(=O)c2ccc(OC[C@@H]3CCCN(C(=O)c4cccc(F)c4)C3)cc2)CC1. The molecule has 0 aromatic heterocycles. The average Bonchev–Trinajstić information content (AvgIpc) is 2.83. The van der Waals surface area contributed by atoms with E-state index in [0.29, 0.717) is 36.7 Å². The monoisotopic (exact) mass is 438 g/mol. The van der Waals surface area contributed by atoms with Gasteiger partial charge in [0.2, 0.25) is 0 Å². The van der Waals surface area contributed by atoms with E-state index in [9.17, 15) is 14.0 Å². The first-order chi connectivity index (χ1) is 15.5. The van der Waals surface area contributed by atoms with Crippen molar-refractivity contribution >= 4 is 11.8 Å². The number of benzene rings is 2. The summed E-state index contributed by atoms with van der Waals surface area (Å²) < 4.78 is 19.4. The number of hydrogen-bond acceptors (Lipinski definition) is 3. The number of ether oxygens (including phenoxy) is 1. The maximum absolute atomic E-state index is 13.5. The van der Waals surface area contributed by atoms with Gasteiger partial charge < -0.3 is 14.5 Å². The Kier molecular flexibility index (Phi) is 7.08. The third kappa shape index (κ3) is 5.47. The van der Waals surface area contributed by atoms with Gasteiger partial charge in [-0.2, -0.15) is 0 Å². The zero-order valence-electron chi connectivity index (χ0n) is 18.6. The van der Waals surface area contributed by atoms with E-state index in [1.165, 1.54) is 12.1 Å². The van der Waals surface area contributed by atoms with Crippen molar-refractivity contribution < 1.29 is 18.7 Å². The minimum atomic E-state index is -0.399. The lowest BCUT2D eigenvalue weighted by molar-refractivity contribution is 0.0632. The second kappa shape index (κ2) is 10.2. The van der Waals surface area contributed by atoms with Crippen LogP contribution < -0.4 is 4.74 Å². The van der Waals surface area contributed by atoms with Gasteiger partial charge in [0.25, 0.3) is 11.8 Å². The Bertz CT molecular complexity index is 938. The molecule has 1 atom stereocenters. The molecule has 2 aromatic rings. The molecule has 0 radical (unpaired) electrons. The molecular weight excluding hydrogens is 407 g/mol. The summed E-state index contributed by atoms with van der Waals surface area (Å²) in [5, 5.41) is 0. The highest BCUT2D eigenvalue weighted by atomic mass is 19.1. The van der Waals surface area contributed by atoms with Gasteiger partial charge in [0, 0.05) is 43.2 Å². The van der Waals surface area contributed by atoms with Crippen molar-refractivity contribution in [2.45, 2.75) is 32.6 Å². The van der Waals surface area contributed by atoms with Crippen molar-refractivity contribution in [2.75, 3.05) is 32.8 Å². The number of halogens is 1. The van der Waals surface area contributed by atoms with Gasteiger partial charge in [-0.05, 0) is 74.1 Å². The first-order valence-corrected chi connectivity index (χ1v) is 11.6. The van der Waals surface area contributed by atoms with Gasteiger partial charge >= 0.3 is 0 Å². The number of likely N-dealkylation sites (tertiary alicyclic amines) is 2. The Hall–Kier alpha value is -2.89. The van der Waals surface area contributed by atoms with Crippen LogP contribution in [0.1, 0.15) is 53.3 Å². The maximum Gasteiger partial charge on any atom is 0.253 e. The number of hydrogen-bond donors (Lipinski definition) is 0. The lowest BCUT2D eigenvalue weighted by atomic mass is 9.98. The Morgan fingerprint density at radius 3 is 2.38 bits per heavy atom. The molecule has 0 unspecified atom stereocenters. The van der Waals surface area contributed by atoms with E-state index in [1.807, 2.05) is 29.2 Å². The number of carbonyl (C=O) groups is 2. The Morgan fingerprint density at radius 1 is 0.938 bits per heavy atom. The average molecular weight is 439 g/mol. The van der Waals surface area contributed by atoms with E-state index >= 15 is 0 Å². The van der Waals surface area contributed by atoms with Gasteiger partial charge in [0.15, 0.2) is 0 Å². The van der Waals surface area contributed by atoms with Crippen LogP contribution in [0.2, 0.25) is 0 Å². The van der Waals surface area contributed by atoms with Gasteiger partial charge in [0.05, 0.1) is 6.61 Å². The fraction of sp³-hybridized carbons (Fsp3) is 0.462. The number of amides is 2. The third-order valence-electron chi connectivity index (χ3n) is 6.54. The first-order valence-electron chi connectivity index (χ1n) is 11.6. The fourth-order valence-electron chi connectivity index (χ4n) is 4.49. The molecule has 2 amide bonds. The molecule has 2 saturated heterocycles. The molecule has 0 aliphatic carbocycles. The van der Waals surface area contributed by atoms with Gasteiger partial charge in [-0.25, -0.2) is 4.39 Å². The molecule has 32 heavy (non-hydrogen) atoms. The van der Waals surface area contributed by atoms with Crippen molar-refractivity contribution in [1.29, 1.82) is 0 Å². The molecular formula is C26H31FN2O3. The summed E-state index contributed by atoms with van der Waals surface area (Å²) in [7, 11) is 0. The number of carbonyl (C=O) groups excluding carboxylic acids is 2. The van der Waals surface area contributed by atoms with Crippen LogP contribution in [-0.2, 0) is 0 Å². The predicted octanol–water partition coefficient (Wildman–Crippen LogP) is 4.63. The Morgan fingerprint density at radius 2 is 1.66 bits per heavy atom. The minimum Gasteiger partial charge on any atom is -0.493 e. The molecule has 2 aromatic carbocycles. The molecule has 2 fully saturated rings. The lowest BCUT2D eigenvalue weighted by Gasteiger charge is -2.32. The molecule has 0 spiro atoms. The van der Waals surface area contributed by atoms with Crippen molar-refractivity contribution in [3.63, 3.8) is 0 Å². The van der Waals surface area contributed by atoms with Crippen molar-refractivity contribution in [1.82, 2.24) is 9.80 Å². The van der Waals surface area contributed by atoms with Crippen LogP contribution in [0.5, 0.6) is 5.75 Å². The first kappa shape index (κ1) is 22.3. The van der Waals surface area contributed by atoms with Crippen LogP contribution in [-0.4, -0.2) is 54.4 Å². The second-order valence-electron chi connectivity index (χ2n) is 9.08. The highest BCUT2D eigenvalue weighted by molar-refractivity contribution is 5.94. The van der Waals surface area contributed by atoms with Crippen LogP contribution in [0.25, 0.3) is 0 Å². The van der Waals surface area contributed by atoms with Gasteiger partial charge in [-0.15, -0.1) is 0 Å². The quantitative estimate of drug-likeness (QED) is 0.684. The molecule has 0 saturated carbocycles. The Balaban J connectivity index is 1.28. The van der Waals surface area contributed by atoms with E-state index in [-0.39, 0.29) is 17.7 Å². The summed E-state index contributed by atoms with van der Waals surface area (Å²) in [6.45, 7) is 5.66. The van der Waals surface area contributed by atoms with Crippen LogP contribution in [0.15, 0.2) is 48.5 Å². The molecule has 4 rings (SSSR count). The van der Waals surface area contributed by atoms with E-state index in [4.69, 9.17) is 4.74 Å². The number of rotatable bonds is 5. The largest absolute Gasteiger partial charge is 0.493 e. The topological polar surface area (TPSA) is 49.9 Å². The summed E-state index contributed by atoms with van der Waals surface area (Å²) in [6, 6.07) is 13.2. The predicted molar refractivity (Wildman–Crippen MR) is 121 cm³/mol. The Labute approximate surface area is 189 Å². The molecule has 0 bridgehead atoms. The van der Waals surface area contributed by atoms with E-state index in [0.717, 1.165) is 44.5 Å². The second-order valence-corrected chi connectivity index (χ2v) is 9.08. The standard InChI is InChI=1S/C26H31FN2O3/c1-19-11-14-28(15-12-19)25(30)21-7-9-24(10-8-21)32-18-20-4-3-13-29(17-20)26(31)22-5-2-6-23(27)16-22/h2,5-10,16,19-20H,3-4,11-15,17-18H2,1H3/t20-/m1/s1. The molecule has 2 heterocycles. The summed E-state index contributed by atoms with van der Waals surface area (Å²) in [5.74, 6) is 1.19. The summed E-state index contributed by atoms with van der Waals surface area (Å²) >= 11 is 0. The van der Waals surface area contributed by atoms with E-state index < -0.39 is 5.82 Å². The zero-order valence-corrected chi connectivity index (χ0v) is 18.6. The lowest BCUT2D eigenvalue weighted by Crippen LogP contribution is -2.41. The highest BCUT2D eigenvalue weighted by Gasteiger charge is 2.25. The molecule has 5 nitrogen and oxygen atoms in total. The van der Waals surface area contributed by atoms with Crippen LogP contribution >= 0.6 is 0 Å². The van der Waals surface area contributed by atoms with Crippen molar-refractivity contribution in [2.24, 2.45) is 11.8 Å². The molecule has 6 heteroatoms. The molecule has 0 N–H and O–H groups in total. The number of piperidine rings is 2. The van der Waals surface area contributed by atoms with Crippen molar-refractivity contribution in [3.05, 3.63) is 65.5 Å². The van der Waals surface area contributed by atoms with Crippen molar-refractivity contribution in [3.8, 4) is 5.75 Å². The summed E-state index contributed by atoms with van der Waals surface area (Å²) in [6.07, 6.45) is 4.01. The van der Waals surface area contributed by atoms with Gasteiger partial charge in [-0.1, -0.05) is 13.0 Å². The minimum absolute atomic E-state index is 0.0854. The van der Waals surface area contributed by atoms with Crippen LogP contribution in [0, 0.1) is 17.7 Å². The van der Waals surface area contributed by atoms with Gasteiger partial charge in [-0.3, -0.25) is 9.59 Å². The summed E-state index contributed by atoms with van der Waals surface area (Å²) in [4.78, 5) is 29.1. The highest BCUT2D eigenvalue weighted by Crippen LogP contribution is 2.22. The van der Waals surface area contributed by atoms with Gasteiger partial charge in [0.1, 0.15) is 11.6 Å².